The van der Waals surface area contributed by atoms with Gasteiger partial charge in [-0.3, -0.25) is 0 Å². The monoisotopic (exact) mass is 303 g/mol. The summed E-state index contributed by atoms with van der Waals surface area (Å²) in [5, 5.41) is 13.1. The first-order valence-electron chi connectivity index (χ1n) is 5.68. The molecule has 0 amide bonds. The molecule has 2 aromatic rings. The Labute approximate surface area is 115 Å². The van der Waals surface area contributed by atoms with Gasteiger partial charge < -0.3 is 0 Å². The normalized spacial score (nSPS) is 11.3. The van der Waals surface area contributed by atoms with Crippen LogP contribution in [0.1, 0.15) is 32.0 Å². The van der Waals surface area contributed by atoms with Crippen LogP contribution in [0.25, 0.3) is 5.69 Å². The Morgan fingerprint density at radius 3 is 2.28 bits per heavy atom. The molecule has 18 heavy (non-hydrogen) atoms. The highest BCUT2D eigenvalue weighted by atomic mass is 79.9. The molecule has 1 aromatic carbocycles. The van der Waals surface area contributed by atoms with E-state index in [2.05, 4.69) is 53.9 Å². The number of aromatic nitrogens is 2. The Balaban J connectivity index is 2.38. The summed E-state index contributed by atoms with van der Waals surface area (Å²) in [6.07, 6.45) is 1.80. The van der Waals surface area contributed by atoms with Crippen molar-refractivity contribution >= 4 is 15.9 Å². The molecule has 0 N–H and O–H groups in total. The Hall–Kier alpha value is -1.60. The maximum absolute atomic E-state index is 8.87. The van der Waals surface area contributed by atoms with Gasteiger partial charge >= 0.3 is 0 Å². The van der Waals surface area contributed by atoms with Crippen molar-refractivity contribution in [3.05, 3.63) is 46.2 Å². The third kappa shape index (κ3) is 2.46. The standard InChI is InChI=1S/C14H14BrN3/c1-14(2,3)10-4-6-11(7-5-10)18-9-12(15)13(8-16)17-18/h4-7,9H,1-3H3. The van der Waals surface area contributed by atoms with Crippen molar-refractivity contribution in [3.8, 4) is 11.8 Å². The third-order valence-corrected chi connectivity index (χ3v) is 3.35. The van der Waals surface area contributed by atoms with E-state index in [1.165, 1.54) is 5.56 Å². The van der Waals surface area contributed by atoms with Crippen LogP contribution < -0.4 is 0 Å². The van der Waals surface area contributed by atoms with E-state index in [0.717, 1.165) is 5.69 Å². The van der Waals surface area contributed by atoms with Crippen LogP contribution in [0.5, 0.6) is 0 Å². The summed E-state index contributed by atoms with van der Waals surface area (Å²) in [5.41, 5.74) is 2.76. The van der Waals surface area contributed by atoms with E-state index in [9.17, 15) is 0 Å². The van der Waals surface area contributed by atoms with Gasteiger partial charge in [-0.1, -0.05) is 32.9 Å². The maximum Gasteiger partial charge on any atom is 0.177 e. The van der Waals surface area contributed by atoms with Crippen LogP contribution in [0.3, 0.4) is 0 Å². The Bertz CT molecular complexity index is 597. The molecular formula is C14H14BrN3. The van der Waals surface area contributed by atoms with Crippen LogP contribution in [0.2, 0.25) is 0 Å². The largest absolute Gasteiger partial charge is 0.238 e. The smallest absolute Gasteiger partial charge is 0.177 e. The van der Waals surface area contributed by atoms with E-state index in [-0.39, 0.29) is 5.41 Å². The molecule has 0 aliphatic rings. The Kier molecular flexibility index (Phi) is 3.27. The molecule has 0 atom stereocenters. The van der Waals surface area contributed by atoms with Crippen molar-refractivity contribution < 1.29 is 0 Å². The summed E-state index contributed by atoms with van der Waals surface area (Å²) >= 11 is 3.31. The molecule has 3 nitrogen and oxygen atoms in total. The Morgan fingerprint density at radius 1 is 1.22 bits per heavy atom. The quantitative estimate of drug-likeness (QED) is 0.804. The van der Waals surface area contributed by atoms with Gasteiger partial charge in [0.1, 0.15) is 6.07 Å². The molecule has 0 aliphatic heterocycles. The molecule has 1 aromatic heterocycles. The van der Waals surface area contributed by atoms with Gasteiger partial charge in [0, 0.05) is 6.20 Å². The van der Waals surface area contributed by atoms with E-state index < -0.39 is 0 Å². The lowest BCUT2D eigenvalue weighted by Gasteiger charge is -2.19. The fourth-order valence-corrected chi connectivity index (χ4v) is 2.04. The second-order valence-corrected chi connectivity index (χ2v) is 6.03. The van der Waals surface area contributed by atoms with E-state index in [0.29, 0.717) is 10.2 Å². The summed E-state index contributed by atoms with van der Waals surface area (Å²) in [4.78, 5) is 0. The molecule has 92 valence electrons. The molecule has 4 heteroatoms. The number of rotatable bonds is 1. The van der Waals surface area contributed by atoms with Crippen LogP contribution >= 0.6 is 15.9 Å². The second kappa shape index (κ2) is 4.58. The van der Waals surface area contributed by atoms with Gasteiger partial charge in [0.05, 0.1) is 10.2 Å². The molecular weight excluding hydrogens is 290 g/mol. The average Bonchev–Trinajstić information content (AvgIpc) is 2.69. The van der Waals surface area contributed by atoms with Crippen LogP contribution in [-0.2, 0) is 5.41 Å². The Morgan fingerprint density at radius 2 is 1.83 bits per heavy atom. The van der Waals surface area contributed by atoms with E-state index >= 15 is 0 Å². The highest BCUT2D eigenvalue weighted by molar-refractivity contribution is 9.10. The average molecular weight is 304 g/mol. The van der Waals surface area contributed by atoms with Crippen molar-refractivity contribution in [2.24, 2.45) is 0 Å². The molecule has 0 radical (unpaired) electrons. The number of halogens is 1. The zero-order valence-electron chi connectivity index (χ0n) is 10.6. The zero-order chi connectivity index (χ0) is 13.3. The van der Waals surface area contributed by atoms with E-state index in [4.69, 9.17) is 5.26 Å². The van der Waals surface area contributed by atoms with Gasteiger partial charge in [0.25, 0.3) is 0 Å². The fraction of sp³-hybridized carbons (Fsp3) is 0.286. The lowest BCUT2D eigenvalue weighted by atomic mass is 9.87. The fourth-order valence-electron chi connectivity index (χ4n) is 1.68. The summed E-state index contributed by atoms with van der Waals surface area (Å²) in [6, 6.07) is 10.3. The zero-order valence-corrected chi connectivity index (χ0v) is 12.2. The first-order valence-corrected chi connectivity index (χ1v) is 6.47. The molecule has 0 saturated carbocycles. The van der Waals surface area contributed by atoms with Gasteiger partial charge in [-0.25, -0.2) is 4.68 Å². The van der Waals surface area contributed by atoms with Gasteiger partial charge in [-0.05, 0) is 39.0 Å². The molecule has 0 aliphatic carbocycles. The molecule has 1 heterocycles. The number of hydrogen-bond acceptors (Lipinski definition) is 2. The molecule has 2 rings (SSSR count). The van der Waals surface area contributed by atoms with Gasteiger partial charge in [0.2, 0.25) is 0 Å². The van der Waals surface area contributed by atoms with E-state index in [1.807, 2.05) is 18.2 Å². The van der Waals surface area contributed by atoms with Crippen molar-refractivity contribution in [2.45, 2.75) is 26.2 Å². The highest BCUT2D eigenvalue weighted by Gasteiger charge is 2.13. The minimum absolute atomic E-state index is 0.140. The molecule has 0 spiro atoms. The predicted octanol–water partition coefficient (Wildman–Crippen LogP) is 3.80. The van der Waals surface area contributed by atoms with Crippen molar-refractivity contribution in [1.82, 2.24) is 9.78 Å². The minimum atomic E-state index is 0.140. The van der Waals surface area contributed by atoms with E-state index in [1.54, 1.807) is 10.9 Å². The maximum atomic E-state index is 8.87. The lowest BCUT2D eigenvalue weighted by Crippen LogP contribution is -2.10. The predicted molar refractivity (Wildman–Crippen MR) is 74.7 cm³/mol. The van der Waals surface area contributed by atoms with Crippen LogP contribution in [-0.4, -0.2) is 9.78 Å². The number of hydrogen-bond donors (Lipinski definition) is 0. The summed E-state index contributed by atoms with van der Waals surface area (Å²) in [7, 11) is 0. The molecule has 0 bridgehead atoms. The van der Waals surface area contributed by atoms with Gasteiger partial charge in [0.15, 0.2) is 5.69 Å². The first kappa shape index (κ1) is 12.8. The second-order valence-electron chi connectivity index (χ2n) is 5.18. The third-order valence-electron chi connectivity index (χ3n) is 2.77. The highest BCUT2D eigenvalue weighted by Crippen LogP contribution is 2.24. The molecule has 0 unspecified atom stereocenters. The number of nitriles is 1. The van der Waals surface area contributed by atoms with Crippen molar-refractivity contribution in [1.29, 1.82) is 5.26 Å². The van der Waals surface area contributed by atoms with Gasteiger partial charge in [-0.15, -0.1) is 0 Å². The first-order chi connectivity index (χ1) is 8.41. The lowest BCUT2D eigenvalue weighted by molar-refractivity contribution is 0.590. The minimum Gasteiger partial charge on any atom is -0.238 e. The summed E-state index contributed by atoms with van der Waals surface area (Å²) < 4.78 is 2.42. The SMILES string of the molecule is CC(C)(C)c1ccc(-n2cc(Br)c(C#N)n2)cc1. The van der Waals surface area contributed by atoms with Crippen LogP contribution in [0.4, 0.5) is 0 Å². The molecule has 0 fully saturated rings. The van der Waals surface area contributed by atoms with Crippen molar-refractivity contribution in [2.75, 3.05) is 0 Å². The number of nitrogens with zero attached hydrogens (tertiary/aromatic N) is 3. The summed E-state index contributed by atoms with van der Waals surface area (Å²) in [5.74, 6) is 0. The van der Waals surface area contributed by atoms with Gasteiger partial charge in [-0.2, -0.15) is 10.4 Å². The van der Waals surface area contributed by atoms with Crippen LogP contribution in [0.15, 0.2) is 34.9 Å². The number of benzene rings is 1. The topological polar surface area (TPSA) is 41.6 Å². The summed E-state index contributed by atoms with van der Waals surface area (Å²) in [6.45, 7) is 6.54. The molecule has 0 saturated heterocycles. The van der Waals surface area contributed by atoms with Crippen LogP contribution in [0, 0.1) is 11.3 Å². The van der Waals surface area contributed by atoms with Crippen molar-refractivity contribution in [3.63, 3.8) is 0 Å².